The molecule has 0 spiro atoms. The van der Waals surface area contributed by atoms with Crippen LogP contribution < -0.4 is 11.3 Å². The molecule has 3 heteroatoms. The predicted octanol–water partition coefficient (Wildman–Crippen LogP) is 2.93. The molecule has 3 N–H and O–H groups in total. The van der Waals surface area contributed by atoms with Crippen molar-refractivity contribution >= 4 is 0 Å². The van der Waals surface area contributed by atoms with Crippen LogP contribution in [0.3, 0.4) is 0 Å². The maximum absolute atomic E-state index is 5.68. The van der Waals surface area contributed by atoms with E-state index in [2.05, 4.69) is 55.4 Å². The second kappa shape index (κ2) is 5.51. The zero-order valence-electron chi connectivity index (χ0n) is 11.7. The third-order valence-electron chi connectivity index (χ3n) is 3.29. The zero-order valence-corrected chi connectivity index (χ0v) is 11.7. The van der Waals surface area contributed by atoms with E-state index in [0.29, 0.717) is 0 Å². The Hall–Kier alpha value is -1.71. The van der Waals surface area contributed by atoms with Crippen LogP contribution in [0.4, 0.5) is 0 Å². The summed E-state index contributed by atoms with van der Waals surface area (Å²) < 4.78 is 0. The summed E-state index contributed by atoms with van der Waals surface area (Å²) in [4.78, 5) is 4.14. The minimum absolute atomic E-state index is 0.0253. The monoisotopic (exact) mass is 255 g/mol. The number of hydrogen-bond acceptors (Lipinski definition) is 3. The van der Waals surface area contributed by atoms with Gasteiger partial charge >= 0.3 is 0 Å². The van der Waals surface area contributed by atoms with Crippen molar-refractivity contribution < 1.29 is 0 Å². The van der Waals surface area contributed by atoms with Crippen LogP contribution in [0.15, 0.2) is 48.8 Å². The van der Waals surface area contributed by atoms with E-state index in [0.717, 1.165) is 11.1 Å². The van der Waals surface area contributed by atoms with Crippen LogP contribution in [0.1, 0.15) is 43.5 Å². The number of nitrogens with one attached hydrogen (secondary N) is 1. The highest BCUT2D eigenvalue weighted by Crippen LogP contribution is 2.26. The Morgan fingerprint density at radius 3 is 2.21 bits per heavy atom. The van der Waals surface area contributed by atoms with E-state index in [1.54, 1.807) is 6.20 Å². The first-order valence-corrected chi connectivity index (χ1v) is 6.49. The van der Waals surface area contributed by atoms with Crippen molar-refractivity contribution in [2.24, 2.45) is 5.84 Å². The van der Waals surface area contributed by atoms with Gasteiger partial charge < -0.3 is 0 Å². The van der Waals surface area contributed by atoms with Gasteiger partial charge in [0.05, 0.1) is 6.04 Å². The molecule has 1 heterocycles. The van der Waals surface area contributed by atoms with E-state index in [9.17, 15) is 0 Å². The summed E-state index contributed by atoms with van der Waals surface area (Å²) in [5, 5.41) is 0. The van der Waals surface area contributed by atoms with Crippen molar-refractivity contribution in [1.82, 2.24) is 10.4 Å². The quantitative estimate of drug-likeness (QED) is 0.655. The lowest BCUT2D eigenvalue weighted by atomic mass is 9.86. The molecular formula is C16H21N3. The van der Waals surface area contributed by atoms with Crippen LogP contribution in [0.25, 0.3) is 0 Å². The highest BCUT2D eigenvalue weighted by molar-refractivity contribution is 5.34. The Morgan fingerprint density at radius 1 is 1.05 bits per heavy atom. The van der Waals surface area contributed by atoms with E-state index in [1.165, 1.54) is 5.56 Å². The Balaban J connectivity index is 2.30. The van der Waals surface area contributed by atoms with Crippen LogP contribution in [-0.2, 0) is 5.41 Å². The summed E-state index contributed by atoms with van der Waals surface area (Å²) >= 11 is 0. The van der Waals surface area contributed by atoms with Gasteiger partial charge in [-0.1, -0.05) is 51.1 Å². The number of benzene rings is 1. The van der Waals surface area contributed by atoms with Crippen molar-refractivity contribution in [2.75, 3.05) is 0 Å². The fourth-order valence-electron chi connectivity index (χ4n) is 2.11. The molecule has 2 aromatic rings. The second-order valence-electron chi connectivity index (χ2n) is 5.76. The lowest BCUT2D eigenvalue weighted by molar-refractivity contribution is 0.588. The molecule has 0 aliphatic carbocycles. The standard InChI is InChI=1S/C16H21N3/c1-16(2,3)14-8-6-12(7-9-14)15(19-17)13-5-4-10-18-11-13/h4-11,15,19H,17H2,1-3H3. The van der Waals surface area contributed by atoms with E-state index in [-0.39, 0.29) is 11.5 Å². The maximum atomic E-state index is 5.68. The fourth-order valence-corrected chi connectivity index (χ4v) is 2.11. The molecule has 0 fully saturated rings. The Morgan fingerprint density at radius 2 is 1.74 bits per heavy atom. The van der Waals surface area contributed by atoms with Gasteiger partial charge in [0.2, 0.25) is 0 Å². The fraction of sp³-hybridized carbons (Fsp3) is 0.312. The van der Waals surface area contributed by atoms with Gasteiger partial charge in [-0.25, -0.2) is 5.43 Å². The van der Waals surface area contributed by atoms with Gasteiger partial charge in [-0.3, -0.25) is 10.8 Å². The van der Waals surface area contributed by atoms with Crippen LogP contribution in [0.5, 0.6) is 0 Å². The Bertz CT molecular complexity index is 512. The van der Waals surface area contributed by atoms with Crippen molar-refractivity contribution in [3.63, 3.8) is 0 Å². The van der Waals surface area contributed by atoms with Gasteiger partial charge in [-0.2, -0.15) is 0 Å². The summed E-state index contributed by atoms with van der Waals surface area (Å²) in [7, 11) is 0. The van der Waals surface area contributed by atoms with E-state index in [4.69, 9.17) is 5.84 Å². The van der Waals surface area contributed by atoms with Crippen LogP contribution in [0, 0.1) is 0 Å². The molecule has 0 saturated heterocycles. The highest BCUT2D eigenvalue weighted by Gasteiger charge is 2.16. The largest absolute Gasteiger partial charge is 0.271 e. The summed E-state index contributed by atoms with van der Waals surface area (Å²) in [6.07, 6.45) is 3.60. The van der Waals surface area contributed by atoms with Crippen LogP contribution in [0.2, 0.25) is 0 Å². The van der Waals surface area contributed by atoms with E-state index < -0.39 is 0 Å². The smallest absolute Gasteiger partial charge is 0.0725 e. The average molecular weight is 255 g/mol. The molecule has 1 atom stereocenters. The molecule has 0 aliphatic heterocycles. The first kappa shape index (κ1) is 13.7. The molecule has 0 radical (unpaired) electrons. The van der Waals surface area contributed by atoms with Gasteiger partial charge in [0.15, 0.2) is 0 Å². The topological polar surface area (TPSA) is 50.9 Å². The number of pyridine rings is 1. The summed E-state index contributed by atoms with van der Waals surface area (Å²) in [6, 6.07) is 12.5. The van der Waals surface area contributed by atoms with Gasteiger partial charge in [0.1, 0.15) is 0 Å². The molecule has 2 rings (SSSR count). The first-order chi connectivity index (χ1) is 9.02. The maximum Gasteiger partial charge on any atom is 0.0725 e. The molecule has 1 aromatic carbocycles. The van der Waals surface area contributed by atoms with Gasteiger partial charge in [-0.15, -0.1) is 0 Å². The Kier molecular flexibility index (Phi) is 3.98. The average Bonchev–Trinajstić information content (AvgIpc) is 2.40. The molecule has 0 aliphatic rings. The minimum Gasteiger partial charge on any atom is -0.271 e. The summed E-state index contributed by atoms with van der Waals surface area (Å²) in [5.41, 5.74) is 6.54. The van der Waals surface area contributed by atoms with Crippen molar-refractivity contribution in [3.8, 4) is 0 Å². The molecular weight excluding hydrogens is 234 g/mol. The lowest BCUT2D eigenvalue weighted by Gasteiger charge is -2.21. The zero-order chi connectivity index (χ0) is 13.9. The number of aromatic nitrogens is 1. The molecule has 1 unspecified atom stereocenters. The molecule has 19 heavy (non-hydrogen) atoms. The Labute approximate surface area is 114 Å². The van der Waals surface area contributed by atoms with Crippen LogP contribution >= 0.6 is 0 Å². The van der Waals surface area contributed by atoms with Crippen LogP contribution in [-0.4, -0.2) is 4.98 Å². The predicted molar refractivity (Wildman–Crippen MR) is 78.5 cm³/mol. The summed E-state index contributed by atoms with van der Waals surface area (Å²) in [6.45, 7) is 6.63. The molecule has 3 nitrogen and oxygen atoms in total. The summed E-state index contributed by atoms with van der Waals surface area (Å²) in [5.74, 6) is 5.68. The number of nitrogens with two attached hydrogens (primary N) is 1. The number of nitrogens with zero attached hydrogens (tertiary/aromatic N) is 1. The first-order valence-electron chi connectivity index (χ1n) is 6.49. The van der Waals surface area contributed by atoms with Gasteiger partial charge in [-0.05, 0) is 28.2 Å². The number of rotatable bonds is 3. The van der Waals surface area contributed by atoms with Gasteiger partial charge in [0, 0.05) is 12.4 Å². The van der Waals surface area contributed by atoms with Crippen molar-refractivity contribution in [1.29, 1.82) is 0 Å². The van der Waals surface area contributed by atoms with E-state index >= 15 is 0 Å². The lowest BCUT2D eigenvalue weighted by Crippen LogP contribution is -2.29. The third kappa shape index (κ3) is 3.19. The van der Waals surface area contributed by atoms with Crippen molar-refractivity contribution in [2.45, 2.75) is 32.2 Å². The molecule has 0 saturated carbocycles. The van der Waals surface area contributed by atoms with Crippen molar-refractivity contribution in [3.05, 3.63) is 65.5 Å². The molecule has 0 amide bonds. The third-order valence-corrected chi connectivity index (χ3v) is 3.29. The molecule has 1 aromatic heterocycles. The van der Waals surface area contributed by atoms with E-state index in [1.807, 2.05) is 18.3 Å². The number of hydrogen-bond donors (Lipinski definition) is 2. The normalized spacial score (nSPS) is 13.3. The molecule has 100 valence electrons. The van der Waals surface area contributed by atoms with Gasteiger partial charge in [0.25, 0.3) is 0 Å². The SMILES string of the molecule is CC(C)(C)c1ccc(C(NN)c2cccnc2)cc1. The second-order valence-corrected chi connectivity index (χ2v) is 5.76. The molecule has 0 bridgehead atoms. The number of hydrazine groups is 1. The minimum atomic E-state index is -0.0253. The highest BCUT2D eigenvalue weighted by atomic mass is 15.2.